The SMILES string of the molecule is COC(=O)c1cc2c(cc1-c1c(Br)cc(Br)c(OC)c1Br)OCO2. The Hall–Kier alpha value is -1.25. The van der Waals surface area contributed by atoms with Crippen molar-refractivity contribution in [1.82, 2.24) is 0 Å². The van der Waals surface area contributed by atoms with E-state index in [9.17, 15) is 4.79 Å². The maximum absolute atomic E-state index is 12.3. The number of benzene rings is 2. The molecule has 2 aromatic carbocycles. The van der Waals surface area contributed by atoms with E-state index in [1.165, 1.54) is 7.11 Å². The molecule has 0 bridgehead atoms. The molecule has 2 aromatic rings. The van der Waals surface area contributed by atoms with E-state index < -0.39 is 5.97 Å². The standard InChI is InChI=1S/C16H11Br3O5/c1-21-15-10(18)5-9(17)13(14(15)19)7-3-11-12(24-6-23-11)4-8(7)16(20)22-2/h3-5H,6H2,1-2H3. The molecule has 126 valence electrons. The third-order valence-corrected chi connectivity index (χ3v) is 5.49. The van der Waals surface area contributed by atoms with Gasteiger partial charge in [0.2, 0.25) is 6.79 Å². The summed E-state index contributed by atoms with van der Waals surface area (Å²) in [6.07, 6.45) is 0. The number of rotatable bonds is 3. The molecule has 0 saturated heterocycles. The van der Waals surface area contributed by atoms with Crippen molar-refractivity contribution in [2.45, 2.75) is 0 Å². The maximum atomic E-state index is 12.3. The Balaban J connectivity index is 2.32. The Kier molecular flexibility index (Phi) is 5.08. The monoisotopic (exact) mass is 520 g/mol. The van der Waals surface area contributed by atoms with E-state index in [0.29, 0.717) is 32.8 Å². The largest absolute Gasteiger partial charge is 0.494 e. The van der Waals surface area contributed by atoms with Crippen molar-refractivity contribution < 1.29 is 23.7 Å². The van der Waals surface area contributed by atoms with E-state index >= 15 is 0 Å². The molecule has 0 aliphatic carbocycles. The van der Waals surface area contributed by atoms with Crippen LogP contribution in [0.4, 0.5) is 0 Å². The van der Waals surface area contributed by atoms with Crippen molar-refractivity contribution in [3.63, 3.8) is 0 Å². The second-order valence-electron chi connectivity index (χ2n) is 4.81. The van der Waals surface area contributed by atoms with Gasteiger partial charge < -0.3 is 18.9 Å². The number of methoxy groups -OCH3 is 2. The van der Waals surface area contributed by atoms with E-state index in [1.54, 1.807) is 19.2 Å². The topological polar surface area (TPSA) is 54.0 Å². The molecule has 0 spiro atoms. The molecule has 0 amide bonds. The van der Waals surface area contributed by atoms with Crippen LogP contribution in [-0.2, 0) is 4.74 Å². The molecule has 1 aliphatic rings. The van der Waals surface area contributed by atoms with Gasteiger partial charge in [-0.1, -0.05) is 15.9 Å². The lowest BCUT2D eigenvalue weighted by Gasteiger charge is -2.16. The molecule has 0 fully saturated rings. The highest BCUT2D eigenvalue weighted by Gasteiger charge is 2.26. The fourth-order valence-corrected chi connectivity index (χ4v) is 5.31. The van der Waals surface area contributed by atoms with Gasteiger partial charge in [-0.25, -0.2) is 4.79 Å². The highest BCUT2D eigenvalue weighted by atomic mass is 79.9. The Labute approximate surface area is 163 Å². The van der Waals surface area contributed by atoms with Crippen LogP contribution >= 0.6 is 47.8 Å². The number of fused-ring (bicyclic) bond motifs is 1. The molecule has 1 heterocycles. The molecular formula is C16H11Br3O5. The predicted molar refractivity (Wildman–Crippen MR) is 99.0 cm³/mol. The first-order valence-corrected chi connectivity index (χ1v) is 9.09. The summed E-state index contributed by atoms with van der Waals surface area (Å²) in [5.74, 6) is 1.22. The first-order valence-electron chi connectivity index (χ1n) is 6.71. The summed E-state index contributed by atoms with van der Waals surface area (Å²) in [6, 6.07) is 5.23. The molecule has 8 heteroatoms. The molecule has 0 saturated carbocycles. The number of esters is 1. The number of ether oxygens (including phenoxy) is 4. The molecule has 0 aromatic heterocycles. The molecule has 24 heavy (non-hydrogen) atoms. The third kappa shape index (κ3) is 2.91. The number of hydrogen-bond donors (Lipinski definition) is 0. The van der Waals surface area contributed by atoms with E-state index in [0.717, 1.165) is 14.5 Å². The van der Waals surface area contributed by atoms with Gasteiger partial charge >= 0.3 is 5.97 Å². The molecular weight excluding hydrogens is 512 g/mol. The van der Waals surface area contributed by atoms with Gasteiger partial charge in [0.25, 0.3) is 0 Å². The van der Waals surface area contributed by atoms with E-state index in [2.05, 4.69) is 47.8 Å². The zero-order chi connectivity index (χ0) is 17.4. The maximum Gasteiger partial charge on any atom is 0.338 e. The molecule has 0 atom stereocenters. The molecule has 0 N–H and O–H groups in total. The van der Waals surface area contributed by atoms with Crippen LogP contribution < -0.4 is 14.2 Å². The van der Waals surface area contributed by atoms with Crippen LogP contribution in [0, 0.1) is 0 Å². The van der Waals surface area contributed by atoms with Gasteiger partial charge in [-0.2, -0.15) is 0 Å². The summed E-state index contributed by atoms with van der Waals surface area (Å²) in [5, 5.41) is 0. The van der Waals surface area contributed by atoms with Gasteiger partial charge in [0, 0.05) is 15.6 Å². The Bertz CT molecular complexity index is 835. The molecule has 3 rings (SSSR count). The minimum atomic E-state index is -0.469. The minimum absolute atomic E-state index is 0.116. The Morgan fingerprint density at radius 3 is 2.33 bits per heavy atom. The highest BCUT2D eigenvalue weighted by molar-refractivity contribution is 9.11. The summed E-state index contributed by atoms with van der Waals surface area (Å²) >= 11 is 10.6. The highest BCUT2D eigenvalue weighted by Crippen LogP contribution is 2.48. The fraction of sp³-hybridized carbons (Fsp3) is 0.188. The minimum Gasteiger partial charge on any atom is -0.494 e. The van der Waals surface area contributed by atoms with Gasteiger partial charge in [-0.05, 0) is 50.1 Å². The number of carbonyl (C=O) groups excluding carboxylic acids is 1. The number of carbonyl (C=O) groups is 1. The summed E-state index contributed by atoms with van der Waals surface area (Å²) in [4.78, 5) is 12.3. The predicted octanol–water partition coefficient (Wildman–Crippen LogP) is 5.17. The molecule has 0 radical (unpaired) electrons. The van der Waals surface area contributed by atoms with Crippen LogP contribution in [0.15, 0.2) is 31.6 Å². The van der Waals surface area contributed by atoms with Gasteiger partial charge in [0.1, 0.15) is 5.75 Å². The summed E-state index contributed by atoms with van der Waals surface area (Å²) in [5.41, 5.74) is 1.75. The first-order chi connectivity index (χ1) is 11.5. The van der Waals surface area contributed by atoms with Crippen molar-refractivity contribution in [2.75, 3.05) is 21.0 Å². The lowest BCUT2D eigenvalue weighted by molar-refractivity contribution is 0.0601. The second kappa shape index (κ2) is 6.93. The zero-order valence-electron chi connectivity index (χ0n) is 12.6. The van der Waals surface area contributed by atoms with E-state index in [-0.39, 0.29) is 6.79 Å². The summed E-state index contributed by atoms with van der Waals surface area (Å²) in [6.45, 7) is 0.116. The van der Waals surface area contributed by atoms with Crippen molar-refractivity contribution in [1.29, 1.82) is 0 Å². The van der Waals surface area contributed by atoms with Gasteiger partial charge in [0.05, 0.1) is 28.7 Å². The van der Waals surface area contributed by atoms with Gasteiger partial charge in [0.15, 0.2) is 11.5 Å². The average molecular weight is 523 g/mol. The normalized spacial score (nSPS) is 12.2. The third-order valence-electron chi connectivity index (χ3n) is 3.52. The number of halogens is 3. The van der Waals surface area contributed by atoms with Crippen molar-refractivity contribution in [3.8, 4) is 28.4 Å². The van der Waals surface area contributed by atoms with Crippen molar-refractivity contribution in [3.05, 3.63) is 37.2 Å². The number of hydrogen-bond acceptors (Lipinski definition) is 5. The Morgan fingerprint density at radius 2 is 1.71 bits per heavy atom. The molecule has 1 aliphatic heterocycles. The lowest BCUT2D eigenvalue weighted by Crippen LogP contribution is -2.04. The van der Waals surface area contributed by atoms with Crippen LogP contribution in [0.3, 0.4) is 0 Å². The zero-order valence-corrected chi connectivity index (χ0v) is 17.4. The second-order valence-corrected chi connectivity index (χ2v) is 7.31. The van der Waals surface area contributed by atoms with Crippen LogP contribution in [0.5, 0.6) is 17.2 Å². The average Bonchev–Trinajstić information content (AvgIpc) is 3.00. The Morgan fingerprint density at radius 1 is 1.04 bits per heavy atom. The van der Waals surface area contributed by atoms with Crippen molar-refractivity contribution in [2.24, 2.45) is 0 Å². The van der Waals surface area contributed by atoms with E-state index in [4.69, 9.17) is 18.9 Å². The van der Waals surface area contributed by atoms with E-state index in [1.807, 2.05) is 6.07 Å². The summed E-state index contributed by atoms with van der Waals surface area (Å²) < 4.78 is 23.4. The smallest absolute Gasteiger partial charge is 0.338 e. The lowest BCUT2D eigenvalue weighted by atomic mass is 9.98. The van der Waals surface area contributed by atoms with Crippen LogP contribution in [0.25, 0.3) is 11.1 Å². The van der Waals surface area contributed by atoms with Crippen molar-refractivity contribution >= 4 is 53.8 Å². The first kappa shape index (κ1) is 17.6. The van der Waals surface area contributed by atoms with Crippen LogP contribution in [0.1, 0.15) is 10.4 Å². The molecule has 0 unspecified atom stereocenters. The summed E-state index contributed by atoms with van der Waals surface area (Å²) in [7, 11) is 2.91. The molecule has 5 nitrogen and oxygen atoms in total. The fourth-order valence-electron chi connectivity index (χ4n) is 2.43. The van der Waals surface area contributed by atoms with Crippen LogP contribution in [-0.4, -0.2) is 27.0 Å². The van der Waals surface area contributed by atoms with Crippen LogP contribution in [0.2, 0.25) is 0 Å². The quantitative estimate of drug-likeness (QED) is 0.521. The van der Waals surface area contributed by atoms with Gasteiger partial charge in [-0.3, -0.25) is 0 Å². The van der Waals surface area contributed by atoms with Gasteiger partial charge in [-0.15, -0.1) is 0 Å².